The van der Waals surface area contributed by atoms with Crippen LogP contribution in [0.15, 0.2) is 149 Å². The van der Waals surface area contributed by atoms with Crippen molar-refractivity contribution in [1.82, 2.24) is 0 Å². The number of benzene rings is 8. The molecule has 0 heteroatoms. The predicted octanol–water partition coefficient (Wildman–Crippen LogP) is 17.0. The smallest absolute Gasteiger partial charge is 0.0159 e. The van der Waals surface area contributed by atoms with E-state index in [1.54, 1.807) is 0 Å². The minimum atomic E-state index is -0.258. The molecule has 288 valence electrons. The molecule has 0 aromatic heterocycles. The van der Waals surface area contributed by atoms with E-state index in [9.17, 15) is 0 Å². The minimum Gasteiger partial charge on any atom is -0.0984 e. The Labute approximate surface area is 354 Å². The van der Waals surface area contributed by atoms with Crippen molar-refractivity contribution in [3.63, 3.8) is 0 Å². The van der Waals surface area contributed by atoms with E-state index in [2.05, 4.69) is 176 Å². The van der Waals surface area contributed by atoms with E-state index in [-0.39, 0.29) is 10.8 Å². The second kappa shape index (κ2) is 13.2. The molecule has 2 aliphatic carbocycles. The Bertz CT molecular complexity index is 3080. The molecule has 0 spiro atoms. The SMILES string of the molecule is C=Cc1c(-c2c(C=C)c(C=C)c(-c3cc4c(c(C=C)c3C=C)-c3c(ccc5ccccc35)C4(C)C)c3ccccc23)cc2c(c1C=C)-c1c(ccc3ccccc13)C2(C)C. The maximum atomic E-state index is 4.52. The van der Waals surface area contributed by atoms with Gasteiger partial charge in [-0.05, 0) is 145 Å². The molecule has 0 amide bonds. The standard InChI is InChI=1S/C60H48/c1-11-37-39(13-3)55-51(59(7,8)49-31-29-35-23-17-19-25-43(35)57(49)55)33-47(37)53-41(15-5)42(16-6)54(46-28-22-21-27-45(46)53)48-34-52-56(40(14-4)38(48)12-2)58-44-26-20-18-24-36(44)30-32-50(58)60(52,9)10/h11-34H,1-6H2,7-10H3. The van der Waals surface area contributed by atoms with Crippen LogP contribution < -0.4 is 0 Å². The van der Waals surface area contributed by atoms with Gasteiger partial charge in [-0.2, -0.15) is 0 Å². The summed E-state index contributed by atoms with van der Waals surface area (Å²) in [6.45, 7) is 36.3. The summed E-state index contributed by atoms with van der Waals surface area (Å²) in [6, 6.07) is 40.3. The summed E-state index contributed by atoms with van der Waals surface area (Å²) in [4.78, 5) is 0. The van der Waals surface area contributed by atoms with Gasteiger partial charge in [-0.1, -0.05) is 201 Å². The summed E-state index contributed by atoms with van der Waals surface area (Å²) in [6.07, 6.45) is 12.1. The quantitative estimate of drug-likeness (QED) is 0.144. The summed E-state index contributed by atoms with van der Waals surface area (Å²) in [5.41, 5.74) is 20.6. The minimum absolute atomic E-state index is 0.258. The highest BCUT2D eigenvalue weighted by Crippen LogP contribution is 2.58. The Morgan fingerprint density at radius 2 is 0.633 bits per heavy atom. The lowest BCUT2D eigenvalue weighted by Crippen LogP contribution is -2.16. The topological polar surface area (TPSA) is 0 Å². The first kappa shape index (κ1) is 37.3. The molecule has 0 aliphatic heterocycles. The van der Waals surface area contributed by atoms with Crippen LogP contribution in [-0.4, -0.2) is 0 Å². The molecule has 0 bridgehead atoms. The van der Waals surface area contributed by atoms with Crippen molar-refractivity contribution in [2.45, 2.75) is 38.5 Å². The van der Waals surface area contributed by atoms with Crippen LogP contribution in [0, 0.1) is 0 Å². The van der Waals surface area contributed by atoms with E-state index < -0.39 is 0 Å². The molecule has 0 nitrogen and oxygen atoms in total. The van der Waals surface area contributed by atoms with E-state index in [0.29, 0.717) is 0 Å². The molecule has 60 heavy (non-hydrogen) atoms. The zero-order valence-corrected chi connectivity index (χ0v) is 35.1. The highest BCUT2D eigenvalue weighted by Gasteiger charge is 2.41. The second-order valence-corrected chi connectivity index (χ2v) is 17.4. The Morgan fingerprint density at radius 3 is 0.983 bits per heavy atom. The van der Waals surface area contributed by atoms with Gasteiger partial charge in [-0.15, -0.1) is 0 Å². The normalized spacial score (nSPS) is 14.0. The van der Waals surface area contributed by atoms with Gasteiger partial charge in [0.25, 0.3) is 0 Å². The van der Waals surface area contributed by atoms with Gasteiger partial charge < -0.3 is 0 Å². The molecule has 0 atom stereocenters. The number of rotatable bonds is 8. The van der Waals surface area contributed by atoms with E-state index in [1.807, 2.05) is 36.5 Å². The predicted molar refractivity (Wildman–Crippen MR) is 266 cm³/mol. The number of hydrogen-bond donors (Lipinski definition) is 0. The number of fused-ring (bicyclic) bond motifs is 11. The van der Waals surface area contributed by atoms with Crippen LogP contribution in [0.1, 0.15) is 83.3 Å². The van der Waals surface area contributed by atoms with Crippen LogP contribution in [0.25, 0.3) is 113 Å². The van der Waals surface area contributed by atoms with Gasteiger partial charge in [0, 0.05) is 10.8 Å². The lowest BCUT2D eigenvalue weighted by atomic mass is 9.75. The van der Waals surface area contributed by atoms with Crippen LogP contribution in [0.2, 0.25) is 0 Å². The van der Waals surface area contributed by atoms with Crippen molar-refractivity contribution in [3.8, 4) is 44.5 Å². The van der Waals surface area contributed by atoms with Crippen molar-refractivity contribution in [2.75, 3.05) is 0 Å². The molecular formula is C60H48. The van der Waals surface area contributed by atoms with Crippen LogP contribution in [0.3, 0.4) is 0 Å². The van der Waals surface area contributed by atoms with Crippen molar-refractivity contribution in [2.24, 2.45) is 0 Å². The highest BCUT2D eigenvalue weighted by atomic mass is 14.4. The zero-order chi connectivity index (χ0) is 41.8. The lowest BCUT2D eigenvalue weighted by molar-refractivity contribution is 0.661. The summed E-state index contributed by atoms with van der Waals surface area (Å²) in [5.74, 6) is 0. The maximum Gasteiger partial charge on any atom is 0.0159 e. The lowest BCUT2D eigenvalue weighted by Gasteiger charge is -2.27. The van der Waals surface area contributed by atoms with Gasteiger partial charge in [-0.3, -0.25) is 0 Å². The molecular weight excluding hydrogens is 721 g/mol. The van der Waals surface area contributed by atoms with Gasteiger partial charge in [0.15, 0.2) is 0 Å². The van der Waals surface area contributed by atoms with Gasteiger partial charge in [-0.25, -0.2) is 0 Å². The molecule has 8 aromatic carbocycles. The van der Waals surface area contributed by atoms with Crippen LogP contribution in [-0.2, 0) is 10.8 Å². The molecule has 0 fully saturated rings. The summed E-state index contributed by atoms with van der Waals surface area (Å²) < 4.78 is 0. The molecule has 0 heterocycles. The molecule has 0 unspecified atom stereocenters. The van der Waals surface area contributed by atoms with Crippen LogP contribution in [0.5, 0.6) is 0 Å². The third-order valence-corrected chi connectivity index (χ3v) is 13.9. The number of hydrogen-bond acceptors (Lipinski definition) is 0. The van der Waals surface area contributed by atoms with Crippen molar-refractivity contribution < 1.29 is 0 Å². The first-order valence-electron chi connectivity index (χ1n) is 20.9. The molecule has 2 aliphatic rings. The van der Waals surface area contributed by atoms with Crippen LogP contribution >= 0.6 is 0 Å². The summed E-state index contributed by atoms with van der Waals surface area (Å²) in [5, 5.41) is 7.25. The van der Waals surface area contributed by atoms with Crippen molar-refractivity contribution in [1.29, 1.82) is 0 Å². The molecule has 10 rings (SSSR count). The molecule has 0 saturated heterocycles. The Balaban J connectivity index is 1.32. The van der Waals surface area contributed by atoms with Gasteiger partial charge in [0.2, 0.25) is 0 Å². The summed E-state index contributed by atoms with van der Waals surface area (Å²) >= 11 is 0. The van der Waals surface area contributed by atoms with E-state index in [1.165, 1.54) is 66.1 Å². The van der Waals surface area contributed by atoms with E-state index >= 15 is 0 Å². The first-order chi connectivity index (χ1) is 29.1. The molecule has 0 N–H and O–H groups in total. The Kier molecular flexibility index (Phi) is 8.23. The van der Waals surface area contributed by atoms with Gasteiger partial charge >= 0.3 is 0 Å². The monoisotopic (exact) mass is 768 g/mol. The van der Waals surface area contributed by atoms with Gasteiger partial charge in [0.05, 0.1) is 0 Å². The largest absolute Gasteiger partial charge is 0.0984 e. The Hall–Kier alpha value is -7.02. The van der Waals surface area contributed by atoms with Crippen molar-refractivity contribution in [3.05, 3.63) is 204 Å². The average Bonchev–Trinajstić information content (AvgIpc) is 3.65. The summed E-state index contributed by atoms with van der Waals surface area (Å²) in [7, 11) is 0. The zero-order valence-electron chi connectivity index (χ0n) is 35.1. The molecule has 0 radical (unpaired) electrons. The van der Waals surface area contributed by atoms with E-state index in [0.717, 1.165) is 66.4 Å². The van der Waals surface area contributed by atoms with Crippen LogP contribution in [0.4, 0.5) is 0 Å². The Morgan fingerprint density at radius 1 is 0.317 bits per heavy atom. The molecule has 0 saturated carbocycles. The highest BCUT2D eigenvalue weighted by molar-refractivity contribution is 6.16. The van der Waals surface area contributed by atoms with E-state index in [4.69, 9.17) is 0 Å². The fourth-order valence-electron chi connectivity index (χ4n) is 11.1. The fraction of sp³-hybridized carbons (Fsp3) is 0.100. The average molecular weight is 769 g/mol. The van der Waals surface area contributed by atoms with Gasteiger partial charge in [0.1, 0.15) is 0 Å². The fourth-order valence-corrected chi connectivity index (χ4v) is 11.1. The third kappa shape index (κ3) is 4.74. The second-order valence-electron chi connectivity index (χ2n) is 17.4. The maximum absolute atomic E-state index is 4.52. The first-order valence-corrected chi connectivity index (χ1v) is 20.9. The third-order valence-electron chi connectivity index (χ3n) is 13.9. The molecule has 8 aromatic rings. The van der Waals surface area contributed by atoms with Crippen molar-refractivity contribution >= 4 is 68.8 Å².